The van der Waals surface area contributed by atoms with Crippen molar-refractivity contribution in [2.45, 2.75) is 39.8 Å². The first-order valence-corrected chi connectivity index (χ1v) is 12.5. The van der Waals surface area contributed by atoms with Crippen LogP contribution in [0.25, 0.3) is 22.8 Å². The molecular formula is C29H30N4O5. The minimum atomic E-state index is -0.683. The van der Waals surface area contributed by atoms with Crippen LogP contribution < -0.4 is 11.0 Å². The Labute approximate surface area is 219 Å². The first-order chi connectivity index (χ1) is 18.4. The van der Waals surface area contributed by atoms with Crippen LogP contribution in [0.15, 0.2) is 76.7 Å². The number of hydrogen-bond acceptors (Lipinski definition) is 6. The maximum Gasteiger partial charge on any atom is 0.341 e. The van der Waals surface area contributed by atoms with E-state index in [0.717, 1.165) is 5.56 Å². The Hall–Kier alpha value is -4.37. The van der Waals surface area contributed by atoms with Crippen LogP contribution >= 0.6 is 0 Å². The van der Waals surface area contributed by atoms with E-state index in [9.17, 15) is 14.4 Å². The van der Waals surface area contributed by atoms with Gasteiger partial charge in [0.15, 0.2) is 5.49 Å². The van der Waals surface area contributed by atoms with E-state index in [0.29, 0.717) is 30.9 Å². The number of ether oxygens (including phenoxy) is 2. The second-order valence-electron chi connectivity index (χ2n) is 8.80. The van der Waals surface area contributed by atoms with E-state index in [2.05, 4.69) is 4.99 Å². The van der Waals surface area contributed by atoms with Crippen molar-refractivity contribution in [2.24, 2.45) is 4.99 Å². The highest BCUT2D eigenvalue weighted by molar-refractivity contribution is 5.95. The van der Waals surface area contributed by atoms with Crippen molar-refractivity contribution in [3.63, 3.8) is 0 Å². The van der Waals surface area contributed by atoms with Crippen molar-refractivity contribution in [2.75, 3.05) is 13.2 Å². The molecule has 38 heavy (non-hydrogen) atoms. The molecule has 9 heteroatoms. The van der Waals surface area contributed by atoms with Gasteiger partial charge in [-0.05, 0) is 57.0 Å². The Bertz CT molecular complexity index is 1620. The van der Waals surface area contributed by atoms with E-state index >= 15 is 0 Å². The van der Waals surface area contributed by atoms with E-state index in [-0.39, 0.29) is 34.7 Å². The molecule has 196 valence electrons. The first kappa shape index (κ1) is 26.7. The van der Waals surface area contributed by atoms with Crippen molar-refractivity contribution in [1.82, 2.24) is 14.0 Å². The van der Waals surface area contributed by atoms with Crippen molar-refractivity contribution in [3.05, 3.63) is 93.8 Å². The summed E-state index contributed by atoms with van der Waals surface area (Å²) in [6, 6.07) is 16.0. The van der Waals surface area contributed by atoms with Crippen LogP contribution in [-0.4, -0.2) is 45.1 Å². The molecule has 1 aromatic carbocycles. The van der Waals surface area contributed by atoms with Gasteiger partial charge in [0.25, 0.3) is 11.5 Å². The van der Waals surface area contributed by atoms with E-state index in [1.165, 1.54) is 16.5 Å². The van der Waals surface area contributed by atoms with Gasteiger partial charge in [-0.3, -0.25) is 14.0 Å². The summed E-state index contributed by atoms with van der Waals surface area (Å²) in [4.78, 5) is 48.4. The predicted molar refractivity (Wildman–Crippen MR) is 145 cm³/mol. The third kappa shape index (κ3) is 6.12. The van der Waals surface area contributed by atoms with Crippen molar-refractivity contribution in [1.29, 1.82) is 0 Å². The molecule has 0 saturated heterocycles. The standard InChI is InChI=1S/C29H30N4O5/c1-4-37-29(36)23-19-22-26(30-24-13-8-9-16-32(24)28(22)35)33(17-10-18-38-20(2)3)27(23)31-25(34)15-14-21-11-6-5-7-12-21/h5-9,11-16,19-20H,4,10,17-18H2,1-3H3/b15-14-,31-27?. The number of carbonyl (C=O) groups is 2. The summed E-state index contributed by atoms with van der Waals surface area (Å²) >= 11 is 0. The Balaban J connectivity index is 1.95. The van der Waals surface area contributed by atoms with Gasteiger partial charge in [-0.1, -0.05) is 36.4 Å². The number of esters is 1. The largest absolute Gasteiger partial charge is 0.462 e. The lowest BCUT2D eigenvalue weighted by molar-refractivity contribution is -0.113. The third-order valence-corrected chi connectivity index (χ3v) is 5.70. The minimum Gasteiger partial charge on any atom is -0.462 e. The number of aromatic nitrogens is 3. The zero-order chi connectivity index (χ0) is 27.1. The predicted octanol–water partition coefficient (Wildman–Crippen LogP) is 3.78. The Morgan fingerprint density at radius 3 is 2.61 bits per heavy atom. The molecule has 0 aliphatic rings. The monoisotopic (exact) mass is 514 g/mol. The van der Waals surface area contributed by atoms with Crippen LogP contribution in [0.4, 0.5) is 0 Å². The van der Waals surface area contributed by atoms with Gasteiger partial charge in [-0.15, -0.1) is 0 Å². The summed E-state index contributed by atoms with van der Waals surface area (Å²) < 4.78 is 14.0. The van der Waals surface area contributed by atoms with Gasteiger partial charge in [0.1, 0.15) is 16.9 Å². The van der Waals surface area contributed by atoms with E-state index in [4.69, 9.17) is 14.5 Å². The number of nitrogens with zero attached hydrogens (tertiary/aromatic N) is 4. The lowest BCUT2D eigenvalue weighted by atomic mass is 10.2. The lowest BCUT2D eigenvalue weighted by Gasteiger charge is -2.15. The number of fused-ring (bicyclic) bond motifs is 2. The fourth-order valence-electron chi connectivity index (χ4n) is 3.98. The maximum atomic E-state index is 13.4. The van der Waals surface area contributed by atoms with Crippen LogP contribution in [0, 0.1) is 0 Å². The number of rotatable bonds is 9. The molecular weight excluding hydrogens is 484 g/mol. The van der Waals surface area contributed by atoms with Crippen molar-refractivity contribution in [3.8, 4) is 0 Å². The average molecular weight is 515 g/mol. The fraction of sp³-hybridized carbons (Fsp3) is 0.276. The molecule has 3 aromatic heterocycles. The topological polar surface area (TPSA) is 104 Å². The molecule has 0 aliphatic carbocycles. The maximum absolute atomic E-state index is 13.4. The SMILES string of the molecule is CCOC(=O)c1cc2c(=O)n3ccccc3nc2n(CCCOC(C)C)c1=NC(=O)/C=C\c1ccccc1. The molecule has 0 radical (unpaired) electrons. The summed E-state index contributed by atoms with van der Waals surface area (Å²) in [7, 11) is 0. The molecule has 0 saturated carbocycles. The molecule has 4 aromatic rings. The fourth-order valence-corrected chi connectivity index (χ4v) is 3.98. The molecule has 0 unspecified atom stereocenters. The van der Waals surface area contributed by atoms with E-state index < -0.39 is 11.9 Å². The molecule has 0 N–H and O–H groups in total. The summed E-state index contributed by atoms with van der Waals surface area (Å²) in [5.74, 6) is -1.25. The molecule has 3 heterocycles. The second-order valence-corrected chi connectivity index (χ2v) is 8.80. The van der Waals surface area contributed by atoms with Crippen LogP contribution in [0.3, 0.4) is 0 Å². The van der Waals surface area contributed by atoms with Gasteiger partial charge in [0.05, 0.1) is 18.1 Å². The Kier molecular flexibility index (Phi) is 8.60. The zero-order valence-electron chi connectivity index (χ0n) is 21.7. The van der Waals surface area contributed by atoms with Gasteiger partial charge in [0.2, 0.25) is 0 Å². The molecule has 0 bridgehead atoms. The molecule has 9 nitrogen and oxygen atoms in total. The van der Waals surface area contributed by atoms with Crippen molar-refractivity contribution >= 4 is 34.6 Å². The van der Waals surface area contributed by atoms with Crippen LogP contribution in [0.1, 0.15) is 43.1 Å². The smallest absolute Gasteiger partial charge is 0.341 e. The number of carbonyl (C=O) groups excluding carboxylic acids is 2. The molecule has 4 rings (SSSR count). The summed E-state index contributed by atoms with van der Waals surface area (Å²) in [6.07, 6.45) is 5.18. The normalized spacial score (nSPS) is 12.2. The second kappa shape index (κ2) is 12.2. The highest BCUT2D eigenvalue weighted by Gasteiger charge is 2.19. The zero-order valence-corrected chi connectivity index (χ0v) is 21.7. The van der Waals surface area contributed by atoms with Crippen LogP contribution in [-0.2, 0) is 20.8 Å². The number of aryl methyl sites for hydroxylation is 1. The number of hydrogen-bond donors (Lipinski definition) is 0. The Morgan fingerprint density at radius 1 is 1.11 bits per heavy atom. The number of pyridine rings is 2. The summed E-state index contributed by atoms with van der Waals surface area (Å²) in [5, 5.41) is 0.216. The van der Waals surface area contributed by atoms with Crippen LogP contribution in [0.2, 0.25) is 0 Å². The quantitative estimate of drug-likeness (QED) is 0.146. The third-order valence-electron chi connectivity index (χ3n) is 5.70. The molecule has 0 atom stereocenters. The van der Waals surface area contributed by atoms with Crippen LogP contribution in [0.5, 0.6) is 0 Å². The minimum absolute atomic E-state index is 0.0142. The molecule has 1 amide bonds. The average Bonchev–Trinajstić information content (AvgIpc) is 2.91. The van der Waals surface area contributed by atoms with Gasteiger partial charge in [-0.2, -0.15) is 4.99 Å². The van der Waals surface area contributed by atoms with E-state index in [1.54, 1.807) is 42.0 Å². The highest BCUT2D eigenvalue weighted by Crippen LogP contribution is 2.12. The lowest BCUT2D eigenvalue weighted by Crippen LogP contribution is -2.33. The van der Waals surface area contributed by atoms with Crippen molar-refractivity contribution < 1.29 is 19.1 Å². The summed E-state index contributed by atoms with van der Waals surface area (Å²) in [5.41, 5.74) is 1.33. The van der Waals surface area contributed by atoms with Gasteiger partial charge >= 0.3 is 5.97 Å². The van der Waals surface area contributed by atoms with Gasteiger partial charge < -0.3 is 14.0 Å². The van der Waals surface area contributed by atoms with Gasteiger partial charge in [-0.25, -0.2) is 9.78 Å². The molecule has 0 fully saturated rings. The highest BCUT2D eigenvalue weighted by atomic mass is 16.5. The molecule has 0 spiro atoms. The Morgan fingerprint density at radius 2 is 1.87 bits per heavy atom. The van der Waals surface area contributed by atoms with E-state index in [1.807, 2.05) is 44.2 Å². The molecule has 0 aliphatic heterocycles. The van der Waals surface area contributed by atoms with Gasteiger partial charge in [0, 0.05) is 25.4 Å². The first-order valence-electron chi connectivity index (χ1n) is 12.5. The number of amides is 1. The summed E-state index contributed by atoms with van der Waals surface area (Å²) in [6.45, 7) is 6.43. The number of benzene rings is 1.